The zero-order chi connectivity index (χ0) is 29.6. The predicted molar refractivity (Wildman–Crippen MR) is 153 cm³/mol. The summed E-state index contributed by atoms with van der Waals surface area (Å²) in [5.74, 6) is 5.88. The Kier molecular flexibility index (Phi) is 9.36. The van der Waals surface area contributed by atoms with Crippen molar-refractivity contribution in [3.63, 3.8) is 0 Å². The summed E-state index contributed by atoms with van der Waals surface area (Å²) in [5, 5.41) is 16.1. The number of sulfone groups is 1. The van der Waals surface area contributed by atoms with E-state index in [1.165, 1.54) is 22.8 Å². The van der Waals surface area contributed by atoms with Crippen molar-refractivity contribution in [2.24, 2.45) is 0 Å². The largest absolute Gasteiger partial charge is 0.477 e. The Bertz CT molecular complexity index is 1590. The van der Waals surface area contributed by atoms with Crippen LogP contribution < -0.4 is 15.4 Å². The lowest BCUT2D eigenvalue weighted by Gasteiger charge is -2.32. The Hall–Kier alpha value is -3.87. The number of ether oxygens (including phenoxy) is 1. The highest BCUT2D eigenvalue weighted by atomic mass is 32.2. The molecule has 0 saturated carbocycles. The molecule has 1 aliphatic heterocycles. The highest BCUT2D eigenvalue weighted by molar-refractivity contribution is 7.90. The fourth-order valence-corrected chi connectivity index (χ4v) is 5.50. The number of hydrogen-bond donors (Lipinski definition) is 2. The molecule has 0 radical (unpaired) electrons. The number of anilines is 2. The van der Waals surface area contributed by atoms with Gasteiger partial charge in [-0.3, -0.25) is 0 Å². The molecular formula is C29H32F3N5O3S. The highest BCUT2D eigenvalue weighted by Gasteiger charge is 2.30. The molecule has 0 unspecified atom stereocenters. The summed E-state index contributed by atoms with van der Waals surface area (Å²) in [4.78, 5) is 2.40. The fourth-order valence-electron chi connectivity index (χ4n) is 4.86. The molecule has 1 fully saturated rings. The lowest BCUT2D eigenvalue weighted by molar-refractivity contribution is -0.140. The van der Waals surface area contributed by atoms with Crippen molar-refractivity contribution in [2.45, 2.75) is 43.4 Å². The summed E-state index contributed by atoms with van der Waals surface area (Å²) in [7, 11) is -3.50. The first kappa shape index (κ1) is 30.1. The normalized spacial score (nSPS) is 14.7. The van der Waals surface area contributed by atoms with E-state index < -0.39 is 22.6 Å². The number of nitrogens with zero attached hydrogens (tertiary/aromatic N) is 3. The number of likely N-dealkylation sites (tertiary alicyclic amines) is 1. The van der Waals surface area contributed by atoms with Crippen LogP contribution in [0.3, 0.4) is 0 Å². The maximum atomic E-state index is 13.6. The third kappa shape index (κ3) is 7.87. The molecule has 2 N–H and O–H groups in total. The van der Waals surface area contributed by atoms with E-state index in [9.17, 15) is 21.6 Å². The van der Waals surface area contributed by atoms with Crippen LogP contribution in [0.1, 0.15) is 25.5 Å². The van der Waals surface area contributed by atoms with Gasteiger partial charge in [-0.25, -0.2) is 8.42 Å². The van der Waals surface area contributed by atoms with Crippen LogP contribution in [0.5, 0.6) is 5.75 Å². The van der Waals surface area contributed by atoms with Crippen LogP contribution in [-0.4, -0.2) is 69.1 Å². The molecule has 41 heavy (non-hydrogen) atoms. The van der Waals surface area contributed by atoms with Crippen molar-refractivity contribution < 1.29 is 26.3 Å². The van der Waals surface area contributed by atoms with E-state index in [0.29, 0.717) is 16.6 Å². The van der Waals surface area contributed by atoms with Crippen molar-refractivity contribution in [3.8, 4) is 23.7 Å². The van der Waals surface area contributed by atoms with Crippen molar-refractivity contribution in [2.75, 3.05) is 49.7 Å². The molecule has 0 amide bonds. The van der Waals surface area contributed by atoms with Crippen LogP contribution in [-0.2, 0) is 16.4 Å². The molecule has 2 heterocycles. The van der Waals surface area contributed by atoms with Crippen molar-refractivity contribution in [3.05, 3.63) is 48.2 Å². The van der Waals surface area contributed by atoms with Gasteiger partial charge >= 0.3 is 6.18 Å². The van der Waals surface area contributed by atoms with Crippen LogP contribution in [0, 0.1) is 23.2 Å². The number of nitriles is 1. The molecular weight excluding hydrogens is 555 g/mol. The van der Waals surface area contributed by atoms with E-state index in [-0.39, 0.29) is 35.5 Å². The summed E-state index contributed by atoms with van der Waals surface area (Å²) in [5.41, 5.74) is 1.85. The first-order valence-corrected chi connectivity index (χ1v) is 15.1. The number of fused-ring (bicyclic) bond motifs is 1. The topological polar surface area (TPSA) is 99.4 Å². The molecule has 8 nitrogen and oxygen atoms in total. The second kappa shape index (κ2) is 12.8. The monoisotopic (exact) mass is 587 g/mol. The predicted octanol–water partition coefficient (Wildman–Crippen LogP) is 4.87. The standard InChI is InChI=1S/C29H32F3N5O3S/c1-3-36-15-11-21(12-16-36)35-25-7-4-8-27-24(25)18-22(37(27)20-29(30,31)32)6-5-14-34-26-10-9-23(41(2,38)39)19-28(26)40-17-13-33/h4,7-10,18-19,21,34-35H,3,11-12,14-17,20H2,1-2H3. The second-order valence-electron chi connectivity index (χ2n) is 9.85. The highest BCUT2D eigenvalue weighted by Crippen LogP contribution is 2.32. The van der Waals surface area contributed by atoms with Gasteiger partial charge in [-0.1, -0.05) is 18.9 Å². The molecule has 2 aromatic carbocycles. The van der Waals surface area contributed by atoms with Gasteiger partial charge in [0.15, 0.2) is 16.4 Å². The van der Waals surface area contributed by atoms with Gasteiger partial charge in [0.05, 0.1) is 28.3 Å². The van der Waals surface area contributed by atoms with E-state index in [2.05, 4.69) is 34.3 Å². The Labute approximate surface area is 238 Å². The van der Waals surface area contributed by atoms with E-state index >= 15 is 0 Å². The molecule has 12 heteroatoms. The van der Waals surface area contributed by atoms with E-state index in [4.69, 9.17) is 10.00 Å². The summed E-state index contributed by atoms with van der Waals surface area (Å²) in [6.45, 7) is 3.65. The zero-order valence-corrected chi connectivity index (χ0v) is 23.7. The molecule has 1 aliphatic rings. The van der Waals surface area contributed by atoms with Crippen molar-refractivity contribution in [1.82, 2.24) is 9.47 Å². The maximum Gasteiger partial charge on any atom is 0.406 e. The minimum atomic E-state index is -4.44. The van der Waals surface area contributed by atoms with Gasteiger partial charge in [-0.05, 0) is 55.6 Å². The minimum absolute atomic E-state index is 0.0269. The van der Waals surface area contributed by atoms with Crippen LogP contribution in [0.15, 0.2) is 47.4 Å². The number of nitrogens with one attached hydrogen (secondary N) is 2. The van der Waals surface area contributed by atoms with E-state index in [0.717, 1.165) is 44.4 Å². The maximum absolute atomic E-state index is 13.6. The van der Waals surface area contributed by atoms with Crippen molar-refractivity contribution >= 4 is 32.1 Å². The van der Waals surface area contributed by atoms with Gasteiger partial charge in [0.1, 0.15) is 18.4 Å². The number of hydrogen-bond acceptors (Lipinski definition) is 7. The SMILES string of the molecule is CCN1CCC(Nc2cccc3c2cc(C#CCNc2ccc(S(C)(=O)=O)cc2OCC#N)n3CC(F)(F)F)CC1. The Morgan fingerprint density at radius 3 is 2.54 bits per heavy atom. The average molecular weight is 588 g/mol. The minimum Gasteiger partial charge on any atom is -0.477 e. The first-order valence-electron chi connectivity index (χ1n) is 13.2. The summed E-state index contributed by atoms with van der Waals surface area (Å²) in [6.07, 6.45) is -1.47. The number of halogens is 3. The molecule has 1 saturated heterocycles. The Morgan fingerprint density at radius 1 is 1.12 bits per heavy atom. The van der Waals surface area contributed by atoms with Crippen LogP contribution in [0.2, 0.25) is 0 Å². The Morgan fingerprint density at radius 2 is 1.88 bits per heavy atom. The number of alkyl halides is 3. The van der Waals surface area contributed by atoms with Gasteiger partial charge in [-0.15, -0.1) is 0 Å². The summed E-state index contributed by atoms with van der Waals surface area (Å²) < 4.78 is 71.0. The molecule has 0 bridgehead atoms. The van der Waals surface area contributed by atoms with Gasteiger partial charge < -0.3 is 24.8 Å². The van der Waals surface area contributed by atoms with Crippen LogP contribution >= 0.6 is 0 Å². The summed E-state index contributed by atoms with van der Waals surface area (Å²) >= 11 is 0. The zero-order valence-electron chi connectivity index (χ0n) is 22.9. The van der Waals surface area contributed by atoms with E-state index in [1.807, 2.05) is 12.1 Å². The second-order valence-corrected chi connectivity index (χ2v) is 11.9. The van der Waals surface area contributed by atoms with Gasteiger partial charge in [-0.2, -0.15) is 18.4 Å². The van der Waals surface area contributed by atoms with Crippen LogP contribution in [0.25, 0.3) is 10.9 Å². The molecule has 4 rings (SSSR count). The molecule has 0 atom stereocenters. The first-order chi connectivity index (χ1) is 19.5. The third-order valence-electron chi connectivity index (χ3n) is 6.93. The van der Waals surface area contributed by atoms with Crippen molar-refractivity contribution in [1.29, 1.82) is 5.26 Å². The van der Waals surface area contributed by atoms with E-state index in [1.54, 1.807) is 18.2 Å². The molecule has 0 aliphatic carbocycles. The molecule has 218 valence electrons. The molecule has 3 aromatic rings. The Balaban J connectivity index is 1.58. The molecule has 0 spiro atoms. The smallest absolute Gasteiger partial charge is 0.406 e. The van der Waals surface area contributed by atoms with Crippen LogP contribution in [0.4, 0.5) is 24.5 Å². The number of benzene rings is 2. The van der Waals surface area contributed by atoms with Gasteiger partial charge in [0, 0.05) is 42.5 Å². The lowest BCUT2D eigenvalue weighted by atomic mass is 10.0. The van der Waals surface area contributed by atoms with Gasteiger partial charge in [0.25, 0.3) is 0 Å². The number of piperidine rings is 1. The van der Waals surface area contributed by atoms with Gasteiger partial charge in [0.2, 0.25) is 0 Å². The summed E-state index contributed by atoms with van der Waals surface area (Å²) in [6, 6.07) is 13.2. The third-order valence-corrected chi connectivity index (χ3v) is 8.04. The molecule has 1 aromatic heterocycles. The number of rotatable bonds is 9. The number of aromatic nitrogens is 1. The fraction of sp³-hybridized carbons (Fsp3) is 0.414. The quantitative estimate of drug-likeness (QED) is 0.345. The average Bonchev–Trinajstić information content (AvgIpc) is 3.26. The lowest BCUT2D eigenvalue weighted by Crippen LogP contribution is -2.38.